The molecule has 3 aliphatic heterocycles. The number of benzene rings is 1. The van der Waals surface area contributed by atoms with Gasteiger partial charge in [-0.15, -0.1) is 5.10 Å². The predicted octanol–water partition coefficient (Wildman–Crippen LogP) is -0.217. The van der Waals surface area contributed by atoms with E-state index in [9.17, 15) is 24.3 Å². The molecule has 12 heteroatoms. The second-order valence-corrected chi connectivity index (χ2v) is 9.79. The van der Waals surface area contributed by atoms with Crippen molar-refractivity contribution in [3.63, 3.8) is 0 Å². The highest BCUT2D eigenvalue weighted by Crippen LogP contribution is 2.29. The van der Waals surface area contributed by atoms with Gasteiger partial charge in [-0.25, -0.2) is 4.68 Å². The first-order valence-electron chi connectivity index (χ1n) is 12.2. The maximum atomic E-state index is 12.9. The van der Waals surface area contributed by atoms with Gasteiger partial charge in [0.15, 0.2) is 5.69 Å². The average molecular weight is 495 g/mol. The molecule has 1 aliphatic carbocycles. The molecule has 188 valence electrons. The van der Waals surface area contributed by atoms with Crippen LogP contribution in [-0.2, 0) is 20.9 Å². The Balaban J connectivity index is 1.10. The van der Waals surface area contributed by atoms with Crippen molar-refractivity contribution in [1.82, 2.24) is 30.1 Å². The number of carbonyl (C=O) groups excluding carboxylic acids is 4. The van der Waals surface area contributed by atoms with Crippen LogP contribution in [-0.4, -0.2) is 91.0 Å². The third-order valence-electron chi connectivity index (χ3n) is 7.40. The Morgan fingerprint density at radius 3 is 2.72 bits per heavy atom. The summed E-state index contributed by atoms with van der Waals surface area (Å²) in [5.41, 5.74) is 2.08. The molecule has 12 nitrogen and oxygen atoms in total. The summed E-state index contributed by atoms with van der Waals surface area (Å²) in [5, 5.41) is 20.3. The van der Waals surface area contributed by atoms with Crippen LogP contribution in [0.15, 0.2) is 24.4 Å². The molecule has 2 aromatic rings. The minimum atomic E-state index is -0.678. The van der Waals surface area contributed by atoms with Crippen molar-refractivity contribution < 1.29 is 29.0 Å². The summed E-state index contributed by atoms with van der Waals surface area (Å²) in [6.45, 7) is 1.15. The number of nitrogens with zero attached hydrogens (tertiary/aromatic N) is 5. The normalized spacial score (nSPS) is 26.2. The van der Waals surface area contributed by atoms with Crippen LogP contribution < -0.4 is 5.32 Å². The Hall–Kier alpha value is -3.64. The van der Waals surface area contributed by atoms with E-state index in [4.69, 9.17) is 4.74 Å². The van der Waals surface area contributed by atoms with Crippen molar-refractivity contribution in [2.45, 2.75) is 63.0 Å². The van der Waals surface area contributed by atoms with Gasteiger partial charge in [0.1, 0.15) is 6.04 Å². The largest absolute Gasteiger partial charge is 0.390 e. The number of nitrogens with one attached hydrogen (secondary N) is 1. The van der Waals surface area contributed by atoms with E-state index in [1.54, 1.807) is 29.3 Å². The Bertz CT molecular complexity index is 1250. The fourth-order valence-corrected chi connectivity index (χ4v) is 5.36. The van der Waals surface area contributed by atoms with Gasteiger partial charge in [-0.2, -0.15) is 0 Å². The maximum absolute atomic E-state index is 12.9. The van der Waals surface area contributed by atoms with E-state index in [2.05, 4.69) is 15.6 Å². The molecule has 0 radical (unpaired) electrons. The molecule has 0 bridgehead atoms. The van der Waals surface area contributed by atoms with Crippen molar-refractivity contribution in [1.29, 1.82) is 0 Å². The average Bonchev–Trinajstić information content (AvgIpc) is 3.55. The lowest BCUT2D eigenvalue weighted by atomic mass is 10.0. The molecule has 4 aliphatic rings. The van der Waals surface area contributed by atoms with Gasteiger partial charge >= 0.3 is 0 Å². The lowest BCUT2D eigenvalue weighted by Gasteiger charge is -2.40. The Morgan fingerprint density at radius 2 is 1.97 bits per heavy atom. The maximum Gasteiger partial charge on any atom is 0.276 e. The van der Waals surface area contributed by atoms with Crippen molar-refractivity contribution in [3.8, 4) is 5.69 Å². The first-order valence-corrected chi connectivity index (χ1v) is 12.2. The number of ether oxygens (including phenoxy) is 1. The zero-order valence-electron chi connectivity index (χ0n) is 19.5. The summed E-state index contributed by atoms with van der Waals surface area (Å²) in [6, 6.07) is 4.51. The molecule has 1 aromatic heterocycles. The van der Waals surface area contributed by atoms with Gasteiger partial charge in [-0.1, -0.05) is 5.21 Å². The minimum Gasteiger partial charge on any atom is -0.390 e. The SMILES string of the molecule is O=C1CCC(N2Cc3cc(-n4cc(C(=O)N5CC(O[C@@H]6CCC[C@H]6O)C5)nn4)ccc3C2=O)C(=O)N1. The van der Waals surface area contributed by atoms with E-state index in [1.807, 2.05) is 0 Å². The zero-order chi connectivity index (χ0) is 25.0. The highest BCUT2D eigenvalue weighted by atomic mass is 16.5. The number of aliphatic hydroxyl groups excluding tert-OH is 1. The molecule has 6 rings (SSSR count). The number of amides is 4. The number of fused-ring (bicyclic) bond motifs is 1. The van der Waals surface area contributed by atoms with Crippen LogP contribution in [0.4, 0.5) is 0 Å². The van der Waals surface area contributed by atoms with Crippen LogP contribution in [0.3, 0.4) is 0 Å². The quantitative estimate of drug-likeness (QED) is 0.543. The van der Waals surface area contributed by atoms with Gasteiger partial charge in [0.05, 0.1) is 30.2 Å². The summed E-state index contributed by atoms with van der Waals surface area (Å²) in [7, 11) is 0. The molecule has 2 N–H and O–H groups in total. The van der Waals surface area contributed by atoms with E-state index in [0.717, 1.165) is 24.8 Å². The second-order valence-electron chi connectivity index (χ2n) is 9.79. The van der Waals surface area contributed by atoms with E-state index in [1.165, 1.54) is 9.58 Å². The van der Waals surface area contributed by atoms with Gasteiger partial charge in [0.2, 0.25) is 11.8 Å². The number of aliphatic hydroxyl groups is 1. The van der Waals surface area contributed by atoms with Crippen LogP contribution >= 0.6 is 0 Å². The van der Waals surface area contributed by atoms with Crippen molar-refractivity contribution >= 4 is 23.6 Å². The first-order chi connectivity index (χ1) is 17.4. The number of piperidine rings is 1. The Kier molecular flexibility index (Phi) is 5.56. The third-order valence-corrected chi connectivity index (χ3v) is 7.40. The summed E-state index contributed by atoms with van der Waals surface area (Å²) < 4.78 is 7.39. The van der Waals surface area contributed by atoms with Crippen LogP contribution in [0.25, 0.3) is 5.69 Å². The molecule has 1 saturated carbocycles. The van der Waals surface area contributed by atoms with Gasteiger partial charge in [0, 0.05) is 31.6 Å². The van der Waals surface area contributed by atoms with Crippen LogP contribution in [0.5, 0.6) is 0 Å². The number of likely N-dealkylation sites (tertiary alicyclic amines) is 1. The standard InChI is InChI=1S/C24H26N6O6/c31-19-2-1-3-20(19)36-15-10-28(11-15)24(35)17-12-30(27-26-17)14-4-5-16-13(8-14)9-29(23(16)34)18-6-7-21(32)25-22(18)33/h4-5,8,12,15,18-20,31H,1-3,6-7,9-11H2,(H,25,32,33)/t18?,19-,20-/m1/s1. The Labute approximate surface area is 206 Å². The lowest BCUT2D eigenvalue weighted by Crippen LogP contribution is -2.56. The molecule has 36 heavy (non-hydrogen) atoms. The molecular weight excluding hydrogens is 468 g/mol. The fraction of sp³-hybridized carbons (Fsp3) is 0.500. The molecule has 3 fully saturated rings. The molecule has 1 aromatic carbocycles. The third kappa shape index (κ3) is 3.95. The van der Waals surface area contributed by atoms with E-state index < -0.39 is 18.1 Å². The first kappa shape index (κ1) is 22.8. The van der Waals surface area contributed by atoms with E-state index in [0.29, 0.717) is 30.8 Å². The molecule has 0 spiro atoms. The van der Waals surface area contributed by atoms with Gasteiger partial charge in [0.25, 0.3) is 11.8 Å². The second kappa shape index (κ2) is 8.79. The molecule has 3 atom stereocenters. The molecular formula is C24H26N6O6. The number of hydrogen-bond donors (Lipinski definition) is 2. The summed E-state index contributed by atoms with van der Waals surface area (Å²) in [4.78, 5) is 52.5. The summed E-state index contributed by atoms with van der Waals surface area (Å²) in [5.74, 6) is -1.27. The monoisotopic (exact) mass is 494 g/mol. The minimum absolute atomic E-state index is 0.0803. The highest BCUT2D eigenvalue weighted by Gasteiger charge is 2.40. The van der Waals surface area contributed by atoms with Crippen molar-refractivity contribution in [2.75, 3.05) is 13.1 Å². The number of hydrogen-bond acceptors (Lipinski definition) is 8. The molecule has 2 saturated heterocycles. The lowest BCUT2D eigenvalue weighted by molar-refractivity contribution is -0.136. The molecule has 4 amide bonds. The van der Waals surface area contributed by atoms with Crippen LogP contribution in [0.2, 0.25) is 0 Å². The Morgan fingerprint density at radius 1 is 1.14 bits per heavy atom. The van der Waals surface area contributed by atoms with E-state index in [-0.39, 0.29) is 48.6 Å². The molecule has 4 heterocycles. The smallest absolute Gasteiger partial charge is 0.276 e. The number of carbonyl (C=O) groups is 4. The topological polar surface area (TPSA) is 147 Å². The number of aromatic nitrogens is 3. The van der Waals surface area contributed by atoms with Gasteiger partial charge < -0.3 is 19.6 Å². The van der Waals surface area contributed by atoms with Crippen LogP contribution in [0.1, 0.15) is 58.5 Å². The zero-order valence-corrected chi connectivity index (χ0v) is 19.5. The van der Waals surface area contributed by atoms with Crippen molar-refractivity contribution in [2.24, 2.45) is 0 Å². The summed E-state index contributed by atoms with van der Waals surface area (Å²) >= 11 is 0. The number of rotatable bonds is 5. The predicted molar refractivity (Wildman–Crippen MR) is 122 cm³/mol. The highest BCUT2D eigenvalue weighted by molar-refractivity contribution is 6.05. The van der Waals surface area contributed by atoms with Gasteiger partial charge in [-0.05, 0) is 49.4 Å². The van der Waals surface area contributed by atoms with Gasteiger partial charge in [-0.3, -0.25) is 24.5 Å². The van der Waals surface area contributed by atoms with Crippen molar-refractivity contribution in [3.05, 3.63) is 41.2 Å². The van der Waals surface area contributed by atoms with E-state index >= 15 is 0 Å². The summed E-state index contributed by atoms with van der Waals surface area (Å²) in [6.07, 6.45) is 3.96. The number of imide groups is 1. The molecule has 1 unspecified atom stereocenters. The fourth-order valence-electron chi connectivity index (χ4n) is 5.36. The van der Waals surface area contributed by atoms with Crippen LogP contribution in [0, 0.1) is 0 Å².